The highest BCUT2D eigenvalue weighted by atomic mass is 16.1. The number of aryl methyl sites for hydroxylation is 1. The van der Waals surface area contributed by atoms with Crippen LogP contribution in [0.1, 0.15) is 31.2 Å². The molecule has 1 aliphatic carbocycles. The second kappa shape index (κ2) is 7.05. The van der Waals surface area contributed by atoms with Gasteiger partial charge in [0.25, 0.3) is 11.1 Å². The predicted molar refractivity (Wildman–Crippen MR) is 99.4 cm³/mol. The summed E-state index contributed by atoms with van der Waals surface area (Å²) in [6.45, 7) is 4.90. The summed E-state index contributed by atoms with van der Waals surface area (Å²) in [4.78, 5) is 35.4. The van der Waals surface area contributed by atoms with Crippen LogP contribution >= 0.6 is 0 Å². The molecule has 0 bridgehead atoms. The molecular weight excluding hydrogens is 330 g/mol. The van der Waals surface area contributed by atoms with Crippen LogP contribution in [0.2, 0.25) is 0 Å². The third-order valence-corrected chi connectivity index (χ3v) is 5.49. The third-order valence-electron chi connectivity index (χ3n) is 5.49. The molecule has 7 heteroatoms. The molecule has 2 aromatic rings. The highest BCUT2D eigenvalue weighted by Gasteiger charge is 2.25. The van der Waals surface area contributed by atoms with Gasteiger partial charge in [0, 0.05) is 50.3 Å². The lowest BCUT2D eigenvalue weighted by molar-refractivity contribution is 0.349. The molecule has 4 rings (SSSR count). The highest BCUT2D eigenvalue weighted by Crippen LogP contribution is 2.30. The fourth-order valence-corrected chi connectivity index (χ4v) is 3.67. The van der Waals surface area contributed by atoms with Gasteiger partial charge >= 0.3 is 0 Å². The van der Waals surface area contributed by atoms with Crippen LogP contribution in [0.5, 0.6) is 0 Å². The molecule has 0 amide bonds. The van der Waals surface area contributed by atoms with Gasteiger partial charge < -0.3 is 9.47 Å². The maximum atomic E-state index is 12.7. The summed E-state index contributed by atoms with van der Waals surface area (Å²) in [6, 6.07) is 0. The maximum Gasteiger partial charge on any atom is 0.293 e. The van der Waals surface area contributed by atoms with Crippen molar-refractivity contribution in [2.75, 3.05) is 18.0 Å². The minimum absolute atomic E-state index is 0.0250. The number of anilines is 1. The van der Waals surface area contributed by atoms with Gasteiger partial charge in [-0.1, -0.05) is 0 Å². The number of piperidine rings is 1. The molecule has 0 radical (unpaired) electrons. The molecule has 2 aromatic heterocycles. The molecule has 26 heavy (non-hydrogen) atoms. The Balaban J connectivity index is 1.41. The molecule has 0 spiro atoms. The zero-order valence-corrected chi connectivity index (χ0v) is 15.2. The first-order valence-electron chi connectivity index (χ1n) is 9.43. The zero-order valence-electron chi connectivity index (χ0n) is 15.2. The van der Waals surface area contributed by atoms with Crippen LogP contribution in [0.4, 0.5) is 5.82 Å². The first kappa shape index (κ1) is 17.0. The number of rotatable bonds is 5. The Bertz CT molecular complexity index is 891. The summed E-state index contributed by atoms with van der Waals surface area (Å²) >= 11 is 0. The molecule has 1 saturated heterocycles. The minimum atomic E-state index is 0.0250. The van der Waals surface area contributed by atoms with Crippen LogP contribution < -0.4 is 16.0 Å². The van der Waals surface area contributed by atoms with Gasteiger partial charge in [0.2, 0.25) is 0 Å². The molecule has 2 aliphatic rings. The van der Waals surface area contributed by atoms with Gasteiger partial charge in [-0.3, -0.25) is 14.2 Å². The Morgan fingerprint density at radius 1 is 1.00 bits per heavy atom. The second-order valence-corrected chi connectivity index (χ2v) is 7.62. The van der Waals surface area contributed by atoms with Gasteiger partial charge in [0.1, 0.15) is 0 Å². The first-order chi connectivity index (χ1) is 12.6. The molecule has 2 fully saturated rings. The molecule has 0 atom stereocenters. The lowest BCUT2D eigenvalue weighted by Crippen LogP contribution is -2.40. The van der Waals surface area contributed by atoms with Crippen molar-refractivity contribution in [3.63, 3.8) is 0 Å². The Kier molecular flexibility index (Phi) is 4.61. The molecule has 1 aliphatic heterocycles. The Morgan fingerprint density at radius 3 is 2.42 bits per heavy atom. The van der Waals surface area contributed by atoms with E-state index in [-0.39, 0.29) is 11.1 Å². The summed E-state index contributed by atoms with van der Waals surface area (Å²) in [6.07, 6.45) is 11.1. The van der Waals surface area contributed by atoms with Crippen LogP contribution in [-0.4, -0.2) is 32.2 Å². The fourth-order valence-electron chi connectivity index (χ4n) is 3.67. The molecule has 0 N–H and O–H groups in total. The summed E-state index contributed by atoms with van der Waals surface area (Å²) in [5.74, 6) is 1.65. The monoisotopic (exact) mass is 355 g/mol. The van der Waals surface area contributed by atoms with Crippen LogP contribution in [0.25, 0.3) is 0 Å². The molecule has 7 nitrogen and oxygen atoms in total. The van der Waals surface area contributed by atoms with Crippen molar-refractivity contribution in [2.24, 2.45) is 11.8 Å². The lowest BCUT2D eigenvalue weighted by Gasteiger charge is -2.32. The van der Waals surface area contributed by atoms with E-state index in [1.54, 1.807) is 36.4 Å². The van der Waals surface area contributed by atoms with Crippen molar-refractivity contribution in [3.05, 3.63) is 51.2 Å². The van der Waals surface area contributed by atoms with Crippen LogP contribution in [0.15, 0.2) is 34.5 Å². The Morgan fingerprint density at radius 2 is 1.69 bits per heavy atom. The van der Waals surface area contributed by atoms with E-state index in [1.165, 1.54) is 12.8 Å². The molecule has 138 valence electrons. The molecule has 0 aromatic carbocycles. The standard InChI is InChI=1S/C19H25N5O2/c1-14-10-20-13-24(18(14)25)12-16-4-7-22(8-5-16)17-19(26)23(9-6-21-17)11-15-2-3-15/h6,9-10,13,15-16H,2-5,7-8,11-12H2,1H3. The summed E-state index contributed by atoms with van der Waals surface area (Å²) in [7, 11) is 0. The van der Waals surface area contributed by atoms with E-state index in [2.05, 4.69) is 14.9 Å². The van der Waals surface area contributed by atoms with E-state index in [0.717, 1.165) is 32.5 Å². The van der Waals surface area contributed by atoms with Crippen molar-refractivity contribution in [2.45, 2.75) is 45.7 Å². The van der Waals surface area contributed by atoms with Gasteiger partial charge in [-0.2, -0.15) is 0 Å². The topological polar surface area (TPSA) is 73.0 Å². The number of nitrogens with zero attached hydrogens (tertiary/aromatic N) is 5. The van der Waals surface area contributed by atoms with Crippen LogP contribution in [-0.2, 0) is 13.1 Å². The SMILES string of the molecule is Cc1cncn(CC2CCN(c3nccn(CC4CC4)c3=O)CC2)c1=O. The van der Waals surface area contributed by atoms with Crippen LogP contribution in [0.3, 0.4) is 0 Å². The maximum absolute atomic E-state index is 12.7. The predicted octanol–water partition coefficient (Wildman–Crippen LogP) is 1.44. The molecule has 1 saturated carbocycles. The van der Waals surface area contributed by atoms with E-state index < -0.39 is 0 Å². The van der Waals surface area contributed by atoms with E-state index in [4.69, 9.17) is 0 Å². The van der Waals surface area contributed by atoms with Gasteiger partial charge in [-0.15, -0.1) is 0 Å². The van der Waals surface area contributed by atoms with E-state index >= 15 is 0 Å². The Labute approximate surface area is 152 Å². The normalized spacial score (nSPS) is 18.3. The van der Waals surface area contributed by atoms with Gasteiger partial charge in [-0.05, 0) is 44.4 Å². The summed E-state index contributed by atoms with van der Waals surface area (Å²) < 4.78 is 3.52. The fraction of sp³-hybridized carbons (Fsp3) is 0.579. The van der Waals surface area contributed by atoms with E-state index in [1.807, 2.05) is 4.57 Å². The quantitative estimate of drug-likeness (QED) is 0.811. The minimum Gasteiger partial charge on any atom is -0.352 e. The van der Waals surface area contributed by atoms with Crippen molar-refractivity contribution in [1.82, 2.24) is 19.1 Å². The lowest BCUT2D eigenvalue weighted by atomic mass is 9.96. The highest BCUT2D eigenvalue weighted by molar-refractivity contribution is 5.36. The number of hydrogen-bond acceptors (Lipinski definition) is 5. The van der Waals surface area contributed by atoms with Crippen molar-refractivity contribution >= 4 is 5.82 Å². The first-order valence-corrected chi connectivity index (χ1v) is 9.43. The van der Waals surface area contributed by atoms with Crippen molar-refractivity contribution in [1.29, 1.82) is 0 Å². The van der Waals surface area contributed by atoms with Gasteiger partial charge in [-0.25, -0.2) is 9.97 Å². The molecule has 3 heterocycles. The zero-order chi connectivity index (χ0) is 18.1. The summed E-state index contributed by atoms with van der Waals surface area (Å²) in [5, 5.41) is 0. The van der Waals surface area contributed by atoms with Crippen molar-refractivity contribution < 1.29 is 0 Å². The average Bonchev–Trinajstić information content (AvgIpc) is 3.46. The largest absolute Gasteiger partial charge is 0.352 e. The van der Waals surface area contributed by atoms with E-state index in [9.17, 15) is 9.59 Å². The third kappa shape index (κ3) is 3.57. The second-order valence-electron chi connectivity index (χ2n) is 7.62. The molecular formula is C19H25N5O2. The average molecular weight is 355 g/mol. The van der Waals surface area contributed by atoms with Gasteiger partial charge in [0.15, 0.2) is 5.82 Å². The smallest absolute Gasteiger partial charge is 0.293 e. The van der Waals surface area contributed by atoms with E-state index in [0.29, 0.717) is 29.8 Å². The molecule has 0 unspecified atom stereocenters. The van der Waals surface area contributed by atoms with Crippen LogP contribution in [0, 0.1) is 18.8 Å². The van der Waals surface area contributed by atoms with Gasteiger partial charge in [0.05, 0.1) is 6.33 Å². The number of aromatic nitrogens is 4. The van der Waals surface area contributed by atoms with Crippen molar-refractivity contribution in [3.8, 4) is 0 Å². The number of hydrogen-bond donors (Lipinski definition) is 0. The Hall–Kier alpha value is -2.44. The summed E-state index contributed by atoms with van der Waals surface area (Å²) in [5.41, 5.74) is 0.738.